The fraction of sp³-hybridized carbons (Fsp3) is 0.579. The molecule has 2 rings (SSSR count). The summed E-state index contributed by atoms with van der Waals surface area (Å²) in [6, 6.07) is 9.99. The molecule has 1 aliphatic heterocycles. The lowest BCUT2D eigenvalue weighted by Crippen LogP contribution is -2.53. The van der Waals surface area contributed by atoms with Crippen LogP contribution in [-0.4, -0.2) is 57.0 Å². The molecule has 0 aliphatic carbocycles. The molecule has 0 spiro atoms. The van der Waals surface area contributed by atoms with Gasteiger partial charge in [0, 0.05) is 33.2 Å². The summed E-state index contributed by atoms with van der Waals surface area (Å²) in [6.07, 6.45) is 0.788. The molecule has 1 amide bonds. The molecule has 1 saturated heterocycles. The topological polar surface area (TPSA) is 65.1 Å². The average molecular weight is 349 g/mol. The fourth-order valence-corrected chi connectivity index (χ4v) is 3.34. The Morgan fingerprint density at radius 3 is 2.52 bits per heavy atom. The summed E-state index contributed by atoms with van der Waals surface area (Å²) in [5.41, 5.74) is 1.16. The van der Waals surface area contributed by atoms with E-state index in [1.165, 1.54) is 14.2 Å². The van der Waals surface area contributed by atoms with Crippen molar-refractivity contribution in [2.75, 3.05) is 33.9 Å². The zero-order valence-corrected chi connectivity index (χ0v) is 15.1. The number of esters is 1. The van der Waals surface area contributed by atoms with Gasteiger partial charge in [-0.3, -0.25) is 9.59 Å². The third-order valence-electron chi connectivity index (χ3n) is 4.61. The van der Waals surface area contributed by atoms with E-state index < -0.39 is 18.2 Å². The molecule has 6 heteroatoms. The van der Waals surface area contributed by atoms with Gasteiger partial charge < -0.3 is 19.1 Å². The van der Waals surface area contributed by atoms with Gasteiger partial charge in [0.2, 0.25) is 5.91 Å². The van der Waals surface area contributed by atoms with Crippen molar-refractivity contribution in [3.8, 4) is 0 Å². The Labute approximate surface area is 149 Å². The van der Waals surface area contributed by atoms with Crippen LogP contribution >= 0.6 is 0 Å². The number of rotatable bonds is 8. The van der Waals surface area contributed by atoms with Gasteiger partial charge >= 0.3 is 5.97 Å². The Bertz CT molecular complexity index is 558. The highest BCUT2D eigenvalue weighted by molar-refractivity contribution is 5.98. The summed E-state index contributed by atoms with van der Waals surface area (Å²) in [5.74, 6) is -1.92. The lowest BCUT2D eigenvalue weighted by molar-refractivity contribution is -0.186. The first-order valence-electron chi connectivity index (χ1n) is 8.67. The average Bonchev–Trinajstić information content (AvgIpc) is 2.63. The second kappa shape index (κ2) is 9.53. The first-order valence-corrected chi connectivity index (χ1v) is 8.67. The molecule has 0 N–H and O–H groups in total. The van der Waals surface area contributed by atoms with Crippen molar-refractivity contribution < 1.29 is 23.8 Å². The molecule has 0 aromatic heterocycles. The molecule has 6 nitrogen and oxygen atoms in total. The molecule has 2 atom stereocenters. The van der Waals surface area contributed by atoms with E-state index in [2.05, 4.69) is 0 Å². The van der Waals surface area contributed by atoms with Gasteiger partial charge in [-0.2, -0.15) is 0 Å². The first-order chi connectivity index (χ1) is 12.1. The van der Waals surface area contributed by atoms with Crippen LogP contribution < -0.4 is 0 Å². The highest BCUT2D eigenvalue weighted by atomic mass is 16.7. The van der Waals surface area contributed by atoms with Crippen LogP contribution in [0.2, 0.25) is 0 Å². The molecule has 0 saturated carbocycles. The van der Waals surface area contributed by atoms with Crippen molar-refractivity contribution in [1.29, 1.82) is 0 Å². The maximum Gasteiger partial charge on any atom is 0.318 e. The molecule has 1 aromatic rings. The van der Waals surface area contributed by atoms with Crippen LogP contribution in [0.25, 0.3) is 0 Å². The predicted octanol–water partition coefficient (Wildman–Crippen LogP) is 1.88. The van der Waals surface area contributed by atoms with Crippen LogP contribution in [0.3, 0.4) is 0 Å². The quantitative estimate of drug-likeness (QED) is 0.407. The number of carbonyl (C=O) groups excluding carboxylic acids is 2. The Balaban J connectivity index is 2.10. The molecule has 1 fully saturated rings. The molecule has 1 heterocycles. The molecular formula is C19H27NO5. The maximum absolute atomic E-state index is 12.9. The Morgan fingerprint density at radius 2 is 1.92 bits per heavy atom. The number of methoxy groups -OCH3 is 2. The number of piperidine rings is 1. The largest absolute Gasteiger partial charge is 0.465 e. The van der Waals surface area contributed by atoms with Gasteiger partial charge in [0.05, 0.1) is 6.61 Å². The van der Waals surface area contributed by atoms with Crippen molar-refractivity contribution in [3.05, 3.63) is 35.9 Å². The van der Waals surface area contributed by atoms with E-state index in [0.29, 0.717) is 19.5 Å². The SMILES string of the molecule is CCOC(=O)[C@H]1C(=O)N(CCc2ccccc2)CC[C@@H]1C(OC)OC. The lowest BCUT2D eigenvalue weighted by Gasteiger charge is -2.39. The monoisotopic (exact) mass is 349 g/mol. The number of nitrogens with zero attached hydrogens (tertiary/aromatic N) is 1. The van der Waals surface area contributed by atoms with Crippen LogP contribution in [0.1, 0.15) is 18.9 Å². The minimum atomic E-state index is -0.880. The molecule has 138 valence electrons. The molecule has 0 unspecified atom stereocenters. The Hall–Kier alpha value is -1.92. The van der Waals surface area contributed by atoms with Gasteiger partial charge in [0.25, 0.3) is 0 Å². The Morgan fingerprint density at radius 1 is 1.24 bits per heavy atom. The van der Waals surface area contributed by atoms with Crippen molar-refractivity contribution >= 4 is 11.9 Å². The minimum Gasteiger partial charge on any atom is -0.465 e. The van der Waals surface area contributed by atoms with Crippen molar-refractivity contribution in [2.45, 2.75) is 26.1 Å². The zero-order valence-electron chi connectivity index (χ0n) is 15.1. The van der Waals surface area contributed by atoms with Gasteiger partial charge in [0.15, 0.2) is 6.29 Å². The van der Waals surface area contributed by atoms with Crippen molar-refractivity contribution in [2.24, 2.45) is 11.8 Å². The first kappa shape index (κ1) is 19.4. The number of likely N-dealkylation sites (tertiary alicyclic amines) is 1. The van der Waals surface area contributed by atoms with Crippen LogP contribution in [0, 0.1) is 11.8 Å². The predicted molar refractivity (Wildman–Crippen MR) is 92.8 cm³/mol. The van der Waals surface area contributed by atoms with Crippen LogP contribution in [0.5, 0.6) is 0 Å². The fourth-order valence-electron chi connectivity index (χ4n) is 3.34. The lowest BCUT2D eigenvalue weighted by atomic mass is 9.83. The number of hydrogen-bond donors (Lipinski definition) is 0. The summed E-state index contributed by atoms with van der Waals surface area (Å²) in [5, 5.41) is 0. The van der Waals surface area contributed by atoms with Gasteiger partial charge in [-0.15, -0.1) is 0 Å². The molecule has 0 bridgehead atoms. The van der Waals surface area contributed by atoms with Gasteiger partial charge in [-0.1, -0.05) is 30.3 Å². The summed E-state index contributed by atoms with van der Waals surface area (Å²) in [4.78, 5) is 27.1. The number of benzene rings is 1. The second-order valence-corrected chi connectivity index (χ2v) is 6.08. The highest BCUT2D eigenvalue weighted by Crippen LogP contribution is 2.30. The summed E-state index contributed by atoms with van der Waals surface area (Å²) in [6.45, 7) is 3.13. The van der Waals surface area contributed by atoms with Gasteiger partial charge in [-0.25, -0.2) is 0 Å². The third-order valence-corrected chi connectivity index (χ3v) is 4.61. The molecular weight excluding hydrogens is 322 g/mol. The third kappa shape index (κ3) is 4.80. The molecule has 25 heavy (non-hydrogen) atoms. The molecule has 1 aromatic carbocycles. The number of carbonyl (C=O) groups is 2. The van der Waals surface area contributed by atoms with Crippen LogP contribution in [-0.2, 0) is 30.2 Å². The van der Waals surface area contributed by atoms with E-state index >= 15 is 0 Å². The number of ether oxygens (including phenoxy) is 3. The smallest absolute Gasteiger partial charge is 0.318 e. The second-order valence-electron chi connectivity index (χ2n) is 6.08. The van der Waals surface area contributed by atoms with E-state index in [0.717, 1.165) is 12.0 Å². The van der Waals surface area contributed by atoms with E-state index in [9.17, 15) is 9.59 Å². The van der Waals surface area contributed by atoms with E-state index in [4.69, 9.17) is 14.2 Å². The maximum atomic E-state index is 12.9. The van der Waals surface area contributed by atoms with Crippen LogP contribution in [0.4, 0.5) is 0 Å². The Kier molecular flexibility index (Phi) is 7.40. The standard InChI is InChI=1S/C19H27NO5/c1-4-25-18(22)16-15(19(23-2)24-3)11-13-20(17(16)21)12-10-14-8-6-5-7-9-14/h5-9,15-16,19H,4,10-13H2,1-3H3/t15-,16+/m0/s1. The zero-order chi connectivity index (χ0) is 18.2. The van der Waals surface area contributed by atoms with Crippen molar-refractivity contribution in [1.82, 2.24) is 4.90 Å². The van der Waals surface area contributed by atoms with Gasteiger partial charge in [0.1, 0.15) is 5.92 Å². The van der Waals surface area contributed by atoms with E-state index in [1.54, 1.807) is 11.8 Å². The van der Waals surface area contributed by atoms with Crippen LogP contribution in [0.15, 0.2) is 30.3 Å². The summed E-state index contributed by atoms with van der Waals surface area (Å²) >= 11 is 0. The number of hydrogen-bond acceptors (Lipinski definition) is 5. The molecule has 0 radical (unpaired) electrons. The summed E-state index contributed by atoms with van der Waals surface area (Å²) < 4.78 is 15.8. The van der Waals surface area contributed by atoms with E-state index in [1.807, 2.05) is 30.3 Å². The molecule has 1 aliphatic rings. The van der Waals surface area contributed by atoms with Crippen molar-refractivity contribution in [3.63, 3.8) is 0 Å². The highest BCUT2D eigenvalue weighted by Gasteiger charge is 2.46. The van der Waals surface area contributed by atoms with Gasteiger partial charge in [-0.05, 0) is 25.3 Å². The van der Waals surface area contributed by atoms with E-state index in [-0.39, 0.29) is 18.4 Å². The number of amides is 1. The summed E-state index contributed by atoms with van der Waals surface area (Å²) in [7, 11) is 3.03. The normalized spacial score (nSPS) is 20.8. The minimum absolute atomic E-state index is 0.204.